The van der Waals surface area contributed by atoms with Gasteiger partial charge in [-0.15, -0.1) is 0 Å². The molecule has 0 spiro atoms. The maximum atomic E-state index is 14.3. The second-order valence-electron chi connectivity index (χ2n) is 5.52. The summed E-state index contributed by atoms with van der Waals surface area (Å²) in [6.45, 7) is 0. The van der Waals surface area contributed by atoms with Crippen LogP contribution in [-0.4, -0.2) is 18.0 Å². The Morgan fingerprint density at radius 2 is 2.09 bits per heavy atom. The van der Waals surface area contributed by atoms with Crippen molar-refractivity contribution in [3.05, 3.63) is 52.9 Å². The summed E-state index contributed by atoms with van der Waals surface area (Å²) in [6, 6.07) is 4.80. The van der Waals surface area contributed by atoms with Crippen LogP contribution in [0.15, 0.2) is 24.3 Å². The molecule has 1 amide bonds. The molecular weight excluding hydrogens is 302 g/mol. The zero-order valence-corrected chi connectivity index (χ0v) is 12.6. The van der Waals surface area contributed by atoms with Crippen molar-refractivity contribution in [3.63, 3.8) is 0 Å². The van der Waals surface area contributed by atoms with Gasteiger partial charge >= 0.3 is 0 Å². The van der Waals surface area contributed by atoms with Crippen molar-refractivity contribution in [2.75, 3.05) is 7.11 Å². The number of halogens is 2. The molecule has 1 aromatic carbocycles. The molecule has 0 bridgehead atoms. The zero-order valence-electron chi connectivity index (χ0n) is 12.6. The summed E-state index contributed by atoms with van der Waals surface area (Å²) in [4.78, 5) is 15.8. The maximum absolute atomic E-state index is 14.3. The molecule has 1 heterocycles. The van der Waals surface area contributed by atoms with Gasteiger partial charge in [-0.25, -0.2) is 13.8 Å². The molecule has 2 aromatic rings. The van der Waals surface area contributed by atoms with Crippen LogP contribution >= 0.6 is 0 Å². The molecule has 0 saturated carbocycles. The first-order valence-corrected chi connectivity index (χ1v) is 7.33. The Morgan fingerprint density at radius 3 is 2.74 bits per heavy atom. The van der Waals surface area contributed by atoms with E-state index in [4.69, 9.17) is 10.5 Å². The highest BCUT2D eigenvalue weighted by molar-refractivity contribution is 5.92. The number of nitrogens with zero attached hydrogens (tertiary/aromatic N) is 1. The number of rotatable bonds is 3. The van der Waals surface area contributed by atoms with E-state index in [2.05, 4.69) is 4.98 Å². The Labute approximate surface area is 132 Å². The Bertz CT molecular complexity index is 777. The van der Waals surface area contributed by atoms with E-state index in [1.807, 2.05) is 0 Å². The Balaban J connectivity index is 2.28. The number of fused-ring (bicyclic) bond motifs is 1. The zero-order chi connectivity index (χ0) is 16.6. The average molecular weight is 318 g/mol. The highest BCUT2D eigenvalue weighted by atomic mass is 19.1. The molecule has 120 valence electrons. The van der Waals surface area contributed by atoms with E-state index in [0.29, 0.717) is 17.7 Å². The van der Waals surface area contributed by atoms with E-state index in [1.54, 1.807) is 7.11 Å². The lowest BCUT2D eigenvalue weighted by Crippen LogP contribution is -2.20. The first-order valence-electron chi connectivity index (χ1n) is 7.33. The molecule has 0 saturated heterocycles. The van der Waals surface area contributed by atoms with Gasteiger partial charge in [0.05, 0.1) is 6.10 Å². The molecule has 3 rings (SSSR count). The van der Waals surface area contributed by atoms with E-state index in [0.717, 1.165) is 24.5 Å². The number of hydrogen-bond acceptors (Lipinski definition) is 3. The Morgan fingerprint density at radius 1 is 1.30 bits per heavy atom. The van der Waals surface area contributed by atoms with Crippen LogP contribution in [0.4, 0.5) is 8.78 Å². The lowest BCUT2D eigenvalue weighted by atomic mass is 9.86. The molecule has 0 aliphatic heterocycles. The molecule has 0 fully saturated rings. The number of carbonyl (C=O) groups is 1. The SMILES string of the molecule is CO[C@@H]1CCCc2nc(C(N)=O)cc(-c3ccc(F)cc3F)c21. The van der Waals surface area contributed by atoms with Gasteiger partial charge in [-0.1, -0.05) is 0 Å². The topological polar surface area (TPSA) is 65.2 Å². The Hall–Kier alpha value is -2.34. The van der Waals surface area contributed by atoms with Crippen LogP contribution in [0, 0.1) is 11.6 Å². The van der Waals surface area contributed by atoms with E-state index < -0.39 is 17.5 Å². The van der Waals surface area contributed by atoms with Crippen molar-refractivity contribution in [1.29, 1.82) is 0 Å². The van der Waals surface area contributed by atoms with E-state index in [-0.39, 0.29) is 17.4 Å². The standard InChI is InChI=1S/C17H16F2N2O2/c1-23-15-4-2-3-13-16(15)11(8-14(21-13)17(20)22)10-6-5-9(18)7-12(10)19/h5-8,15H,2-4H2,1H3,(H2,20,22)/t15-/m1/s1. The summed E-state index contributed by atoms with van der Waals surface area (Å²) in [5.41, 5.74) is 7.51. The normalized spacial score (nSPS) is 16.9. The highest BCUT2D eigenvalue weighted by Gasteiger charge is 2.27. The number of pyridine rings is 1. The van der Waals surface area contributed by atoms with Gasteiger partial charge in [0.1, 0.15) is 17.3 Å². The quantitative estimate of drug-likeness (QED) is 0.945. The van der Waals surface area contributed by atoms with E-state index >= 15 is 0 Å². The summed E-state index contributed by atoms with van der Waals surface area (Å²) in [5.74, 6) is -2.04. The number of aromatic nitrogens is 1. The molecule has 4 nitrogen and oxygen atoms in total. The molecule has 1 aromatic heterocycles. The minimum Gasteiger partial charge on any atom is -0.377 e. The van der Waals surface area contributed by atoms with Gasteiger partial charge in [0, 0.05) is 30.0 Å². The molecule has 23 heavy (non-hydrogen) atoms. The molecule has 1 aliphatic carbocycles. The van der Waals surface area contributed by atoms with Gasteiger partial charge in [0.15, 0.2) is 0 Å². The number of nitrogens with two attached hydrogens (primary N) is 1. The van der Waals surface area contributed by atoms with Gasteiger partial charge in [-0.3, -0.25) is 4.79 Å². The van der Waals surface area contributed by atoms with Crippen LogP contribution in [0.2, 0.25) is 0 Å². The number of amides is 1. The number of ether oxygens (including phenoxy) is 1. The summed E-state index contributed by atoms with van der Waals surface area (Å²) in [6.07, 6.45) is 2.04. The largest absolute Gasteiger partial charge is 0.377 e. The van der Waals surface area contributed by atoms with Crippen LogP contribution in [0.1, 0.15) is 40.7 Å². The molecule has 6 heteroatoms. The minimum atomic E-state index is -0.700. The van der Waals surface area contributed by atoms with Crippen molar-refractivity contribution in [2.24, 2.45) is 5.73 Å². The summed E-state index contributed by atoms with van der Waals surface area (Å²) >= 11 is 0. The first-order chi connectivity index (χ1) is 11.0. The third-order valence-electron chi connectivity index (χ3n) is 4.10. The van der Waals surface area contributed by atoms with Crippen LogP contribution in [-0.2, 0) is 11.2 Å². The smallest absolute Gasteiger partial charge is 0.267 e. The van der Waals surface area contributed by atoms with Crippen LogP contribution in [0.5, 0.6) is 0 Å². The van der Waals surface area contributed by atoms with Gasteiger partial charge in [0.25, 0.3) is 5.91 Å². The van der Waals surface area contributed by atoms with Crippen molar-refractivity contribution in [3.8, 4) is 11.1 Å². The number of methoxy groups -OCH3 is 1. The lowest BCUT2D eigenvalue weighted by Gasteiger charge is -2.27. The summed E-state index contributed by atoms with van der Waals surface area (Å²) in [7, 11) is 1.58. The third kappa shape index (κ3) is 2.82. The average Bonchev–Trinajstić information content (AvgIpc) is 2.53. The van der Waals surface area contributed by atoms with E-state index in [1.165, 1.54) is 18.2 Å². The number of benzene rings is 1. The number of primary amides is 1. The molecular formula is C17H16F2N2O2. The summed E-state index contributed by atoms with van der Waals surface area (Å²) < 4.78 is 32.9. The van der Waals surface area contributed by atoms with Crippen molar-refractivity contribution < 1.29 is 18.3 Å². The van der Waals surface area contributed by atoms with Gasteiger partial charge in [-0.2, -0.15) is 0 Å². The third-order valence-corrected chi connectivity index (χ3v) is 4.10. The molecule has 0 unspecified atom stereocenters. The minimum absolute atomic E-state index is 0.0687. The summed E-state index contributed by atoms with van der Waals surface area (Å²) in [5, 5.41) is 0. The monoisotopic (exact) mass is 318 g/mol. The van der Waals surface area contributed by atoms with Crippen LogP contribution in [0.3, 0.4) is 0 Å². The number of aryl methyl sites for hydroxylation is 1. The van der Waals surface area contributed by atoms with Gasteiger partial charge in [-0.05, 0) is 43.0 Å². The van der Waals surface area contributed by atoms with Crippen LogP contribution in [0.25, 0.3) is 11.1 Å². The maximum Gasteiger partial charge on any atom is 0.267 e. The highest BCUT2D eigenvalue weighted by Crippen LogP contribution is 2.39. The fourth-order valence-electron chi connectivity index (χ4n) is 3.05. The second kappa shape index (κ2) is 6.04. The Kier molecular flexibility index (Phi) is 4.09. The predicted molar refractivity (Wildman–Crippen MR) is 80.8 cm³/mol. The fourth-order valence-corrected chi connectivity index (χ4v) is 3.05. The van der Waals surface area contributed by atoms with Crippen molar-refractivity contribution in [2.45, 2.75) is 25.4 Å². The number of hydrogen-bond donors (Lipinski definition) is 1. The lowest BCUT2D eigenvalue weighted by molar-refractivity contribution is 0.0875. The fraction of sp³-hybridized carbons (Fsp3) is 0.294. The predicted octanol–water partition coefficient (Wildman–Crippen LogP) is 3.15. The van der Waals surface area contributed by atoms with Gasteiger partial charge in [0.2, 0.25) is 0 Å². The van der Waals surface area contributed by atoms with Crippen molar-refractivity contribution in [1.82, 2.24) is 4.98 Å². The molecule has 1 atom stereocenters. The van der Waals surface area contributed by atoms with E-state index in [9.17, 15) is 13.6 Å². The van der Waals surface area contributed by atoms with Crippen molar-refractivity contribution >= 4 is 5.91 Å². The molecule has 2 N–H and O–H groups in total. The van der Waals surface area contributed by atoms with Crippen LogP contribution < -0.4 is 5.73 Å². The molecule has 0 radical (unpaired) electrons. The molecule has 1 aliphatic rings. The van der Waals surface area contributed by atoms with Gasteiger partial charge < -0.3 is 10.5 Å². The number of carbonyl (C=O) groups excluding carboxylic acids is 1. The first kappa shape index (κ1) is 15.6. The second-order valence-corrected chi connectivity index (χ2v) is 5.52.